The topological polar surface area (TPSA) is 84.5 Å². The van der Waals surface area contributed by atoms with Crippen LogP contribution in [-0.4, -0.2) is 64.6 Å². The van der Waals surface area contributed by atoms with Crippen LogP contribution in [0.3, 0.4) is 0 Å². The van der Waals surface area contributed by atoms with Gasteiger partial charge in [-0.2, -0.15) is 9.40 Å². The Morgan fingerprint density at radius 1 is 1.43 bits per heavy atom. The predicted molar refractivity (Wildman–Crippen MR) is 84.8 cm³/mol. The minimum Gasteiger partial charge on any atom is -0.392 e. The van der Waals surface area contributed by atoms with E-state index in [9.17, 15) is 8.42 Å². The zero-order valence-electron chi connectivity index (χ0n) is 11.9. The number of nitrogens with zero attached hydrogens (tertiary/aromatic N) is 4. The van der Waals surface area contributed by atoms with Gasteiger partial charge < -0.3 is 5.73 Å². The maximum atomic E-state index is 12.6. The number of piperazine rings is 1. The van der Waals surface area contributed by atoms with Crippen LogP contribution < -0.4 is 5.73 Å². The first kappa shape index (κ1) is 16.6. The van der Waals surface area contributed by atoms with Crippen molar-refractivity contribution < 1.29 is 8.42 Å². The molecular weight excluding hydrogens is 334 g/mol. The van der Waals surface area contributed by atoms with Crippen molar-refractivity contribution in [3.63, 3.8) is 0 Å². The second kappa shape index (κ2) is 6.17. The number of aromatic nitrogens is 2. The molecule has 1 aromatic heterocycles. The third-order valence-corrected chi connectivity index (χ3v) is 6.41. The molecule has 0 aromatic carbocycles. The Balaban J connectivity index is 2.14. The monoisotopic (exact) mass is 351 g/mol. The fraction of sp³-hybridized carbons (Fsp3) is 0.636. The molecule has 1 fully saturated rings. The second-order valence-electron chi connectivity index (χ2n) is 4.94. The molecule has 7 nitrogen and oxygen atoms in total. The van der Waals surface area contributed by atoms with Crippen LogP contribution in [0.5, 0.6) is 0 Å². The molecule has 2 heterocycles. The number of aryl methyl sites for hydroxylation is 1. The largest absolute Gasteiger partial charge is 0.392 e. The first-order chi connectivity index (χ1) is 9.75. The molecule has 10 heteroatoms. The van der Waals surface area contributed by atoms with Gasteiger partial charge in [-0.05, 0) is 6.92 Å². The molecule has 0 saturated carbocycles. The minimum absolute atomic E-state index is 0.0278. The van der Waals surface area contributed by atoms with E-state index in [2.05, 4.69) is 10.00 Å². The van der Waals surface area contributed by atoms with Crippen LogP contribution in [-0.2, 0) is 17.1 Å². The van der Waals surface area contributed by atoms with Crippen LogP contribution in [0.1, 0.15) is 6.92 Å². The molecule has 118 valence electrons. The molecule has 0 spiro atoms. The highest BCUT2D eigenvalue weighted by molar-refractivity contribution is 7.89. The maximum Gasteiger partial charge on any atom is 0.261 e. The number of hydrogen-bond acceptors (Lipinski definition) is 5. The number of halogens is 1. The lowest BCUT2D eigenvalue weighted by molar-refractivity contribution is 0.174. The Labute approximate surface area is 134 Å². The predicted octanol–water partition coefficient (Wildman–Crippen LogP) is 0.0544. The molecule has 1 aromatic rings. The zero-order chi connectivity index (χ0) is 15.8. The Kier molecular flexibility index (Phi) is 4.89. The molecule has 1 atom stereocenters. The van der Waals surface area contributed by atoms with Gasteiger partial charge in [0.05, 0.1) is 22.2 Å². The van der Waals surface area contributed by atoms with Gasteiger partial charge in [-0.15, -0.1) is 0 Å². The highest BCUT2D eigenvalue weighted by Crippen LogP contribution is 2.24. The number of sulfonamides is 1. The first-order valence-electron chi connectivity index (χ1n) is 6.46. The number of thiocarbonyl (C=S) groups is 1. The van der Waals surface area contributed by atoms with Crippen LogP contribution >= 0.6 is 23.8 Å². The fourth-order valence-corrected chi connectivity index (χ4v) is 4.50. The van der Waals surface area contributed by atoms with Crippen molar-refractivity contribution in [2.75, 3.05) is 26.2 Å². The Morgan fingerprint density at radius 2 is 2.00 bits per heavy atom. The highest BCUT2D eigenvalue weighted by Gasteiger charge is 2.33. The quantitative estimate of drug-likeness (QED) is 0.772. The van der Waals surface area contributed by atoms with E-state index in [1.807, 2.05) is 6.92 Å². The second-order valence-corrected chi connectivity index (χ2v) is 7.67. The van der Waals surface area contributed by atoms with Gasteiger partial charge >= 0.3 is 0 Å². The van der Waals surface area contributed by atoms with Crippen molar-refractivity contribution in [1.82, 2.24) is 19.0 Å². The summed E-state index contributed by atoms with van der Waals surface area (Å²) in [6.45, 7) is 3.82. The normalized spacial score (nSPS) is 19.6. The van der Waals surface area contributed by atoms with Gasteiger partial charge in [0.1, 0.15) is 0 Å². The summed E-state index contributed by atoms with van der Waals surface area (Å²) in [5, 5.41) is 4.04. The van der Waals surface area contributed by atoms with E-state index in [4.69, 9.17) is 29.6 Å². The lowest BCUT2D eigenvalue weighted by Gasteiger charge is -2.36. The van der Waals surface area contributed by atoms with Crippen LogP contribution in [0.2, 0.25) is 5.02 Å². The summed E-state index contributed by atoms with van der Waals surface area (Å²) in [6.07, 6.45) is 1.33. The summed E-state index contributed by atoms with van der Waals surface area (Å²) < 4.78 is 27.9. The molecule has 0 aliphatic carbocycles. The van der Waals surface area contributed by atoms with Gasteiger partial charge in [0.25, 0.3) is 10.0 Å². The van der Waals surface area contributed by atoms with E-state index in [1.54, 1.807) is 7.05 Å². The van der Waals surface area contributed by atoms with E-state index in [0.29, 0.717) is 31.2 Å². The van der Waals surface area contributed by atoms with Gasteiger partial charge in [0.15, 0.2) is 5.03 Å². The van der Waals surface area contributed by atoms with Crippen molar-refractivity contribution in [3.05, 3.63) is 11.2 Å². The fourth-order valence-electron chi connectivity index (χ4n) is 2.32. The Bertz CT molecular complexity index is 618. The van der Waals surface area contributed by atoms with Crippen LogP contribution in [0.25, 0.3) is 0 Å². The van der Waals surface area contributed by atoms with Gasteiger partial charge in [-0.25, -0.2) is 8.42 Å². The maximum absolute atomic E-state index is 12.6. The van der Waals surface area contributed by atoms with E-state index in [1.165, 1.54) is 15.2 Å². The molecule has 2 rings (SSSR count). The van der Waals surface area contributed by atoms with E-state index < -0.39 is 10.0 Å². The Hall–Kier alpha value is -0.740. The van der Waals surface area contributed by atoms with Crippen molar-refractivity contribution in [1.29, 1.82) is 0 Å². The number of nitrogens with two attached hydrogens (primary N) is 1. The third kappa shape index (κ3) is 3.21. The molecule has 1 aliphatic heterocycles. The van der Waals surface area contributed by atoms with E-state index >= 15 is 0 Å². The van der Waals surface area contributed by atoms with Crippen LogP contribution in [0.15, 0.2) is 11.2 Å². The van der Waals surface area contributed by atoms with Gasteiger partial charge in [0, 0.05) is 33.2 Å². The molecule has 0 bridgehead atoms. The van der Waals surface area contributed by atoms with Crippen molar-refractivity contribution >= 4 is 38.8 Å². The van der Waals surface area contributed by atoms with Crippen LogP contribution in [0, 0.1) is 0 Å². The first-order valence-corrected chi connectivity index (χ1v) is 8.68. The van der Waals surface area contributed by atoms with E-state index in [0.717, 1.165) is 0 Å². The van der Waals surface area contributed by atoms with Crippen molar-refractivity contribution in [2.45, 2.75) is 18.0 Å². The average molecular weight is 352 g/mol. The SMILES string of the molecule is CC(C(N)=S)N1CCN(S(=O)(=O)c2c(Cl)cnn2C)CC1. The summed E-state index contributed by atoms with van der Waals surface area (Å²) in [6, 6.07) is -0.0369. The van der Waals surface area contributed by atoms with Crippen molar-refractivity contribution in [2.24, 2.45) is 12.8 Å². The third-order valence-electron chi connectivity index (χ3n) is 3.66. The molecule has 0 radical (unpaired) electrons. The number of rotatable bonds is 4. The Morgan fingerprint density at radius 3 is 2.43 bits per heavy atom. The molecule has 1 aliphatic rings. The standard InChI is InChI=1S/C11H18ClN5O2S2/c1-8(10(13)20)16-3-5-17(6-4-16)21(18,19)11-9(12)7-14-15(11)2/h7-8H,3-6H2,1-2H3,(H2,13,20). The van der Waals surface area contributed by atoms with Gasteiger partial charge in [0.2, 0.25) is 0 Å². The number of hydrogen-bond donors (Lipinski definition) is 1. The molecule has 1 unspecified atom stereocenters. The lowest BCUT2D eigenvalue weighted by atomic mass is 10.2. The summed E-state index contributed by atoms with van der Waals surface area (Å²) >= 11 is 10.9. The summed E-state index contributed by atoms with van der Waals surface area (Å²) in [7, 11) is -2.08. The highest BCUT2D eigenvalue weighted by atomic mass is 35.5. The van der Waals surface area contributed by atoms with Crippen molar-refractivity contribution in [3.8, 4) is 0 Å². The van der Waals surface area contributed by atoms with E-state index in [-0.39, 0.29) is 16.1 Å². The lowest BCUT2D eigenvalue weighted by Crippen LogP contribution is -2.54. The molecule has 1 saturated heterocycles. The smallest absolute Gasteiger partial charge is 0.261 e. The summed E-state index contributed by atoms with van der Waals surface area (Å²) in [4.78, 5) is 2.49. The van der Waals surface area contributed by atoms with Gasteiger partial charge in [-0.3, -0.25) is 9.58 Å². The minimum atomic E-state index is -3.64. The molecule has 2 N–H and O–H groups in total. The average Bonchev–Trinajstić information content (AvgIpc) is 2.78. The summed E-state index contributed by atoms with van der Waals surface area (Å²) in [5.41, 5.74) is 5.63. The van der Waals surface area contributed by atoms with Gasteiger partial charge in [-0.1, -0.05) is 23.8 Å². The molecular formula is C11H18ClN5O2S2. The molecule has 0 amide bonds. The van der Waals surface area contributed by atoms with Crippen LogP contribution in [0.4, 0.5) is 0 Å². The summed E-state index contributed by atoms with van der Waals surface area (Å²) in [5.74, 6) is 0. The molecule has 21 heavy (non-hydrogen) atoms. The zero-order valence-corrected chi connectivity index (χ0v) is 14.2.